The molecule has 0 aliphatic heterocycles. The molecule has 0 aliphatic rings. The Hall–Kier alpha value is -2.08. The summed E-state index contributed by atoms with van der Waals surface area (Å²) in [6.07, 6.45) is -2.75. The van der Waals surface area contributed by atoms with E-state index in [1.165, 1.54) is 10.6 Å². The molecule has 20 heavy (non-hydrogen) atoms. The zero-order valence-corrected chi connectivity index (χ0v) is 10.7. The highest BCUT2D eigenvalue weighted by atomic mass is 35.5. The van der Waals surface area contributed by atoms with E-state index in [4.69, 9.17) is 11.6 Å². The maximum atomic E-state index is 12.7. The van der Waals surface area contributed by atoms with Crippen LogP contribution in [-0.4, -0.2) is 14.6 Å². The highest BCUT2D eigenvalue weighted by molar-refractivity contribution is 6.28. The number of fused-ring (bicyclic) bond motifs is 1. The summed E-state index contributed by atoms with van der Waals surface area (Å²) >= 11 is 5.72. The van der Waals surface area contributed by atoms with Gasteiger partial charge in [0.15, 0.2) is 5.65 Å². The smallest absolute Gasteiger partial charge is 0.219 e. The Morgan fingerprint density at radius 1 is 1.10 bits per heavy atom. The Kier molecular flexibility index (Phi) is 2.90. The van der Waals surface area contributed by atoms with Crippen LogP contribution in [0.3, 0.4) is 0 Å². The molecule has 0 fully saturated rings. The van der Waals surface area contributed by atoms with Crippen molar-refractivity contribution >= 4 is 17.2 Å². The molecule has 0 bridgehead atoms. The van der Waals surface area contributed by atoms with Crippen molar-refractivity contribution in [1.82, 2.24) is 14.6 Å². The van der Waals surface area contributed by atoms with Crippen molar-refractivity contribution < 1.29 is 13.2 Å². The summed E-state index contributed by atoms with van der Waals surface area (Å²) in [6.45, 7) is 0. The van der Waals surface area contributed by atoms with Crippen LogP contribution in [0.5, 0.6) is 0 Å². The third-order valence-electron chi connectivity index (χ3n) is 2.84. The van der Waals surface area contributed by atoms with E-state index in [-0.39, 0.29) is 5.28 Å². The van der Waals surface area contributed by atoms with Crippen molar-refractivity contribution in [3.8, 4) is 11.1 Å². The Bertz CT molecular complexity index is 780. The number of halogens is 4. The molecular formula is C13H7ClF3N3. The second kappa shape index (κ2) is 4.49. The first-order valence-corrected chi connectivity index (χ1v) is 6.01. The van der Waals surface area contributed by atoms with E-state index in [1.807, 2.05) is 0 Å². The van der Waals surface area contributed by atoms with E-state index in [9.17, 15) is 13.2 Å². The zero-order chi connectivity index (χ0) is 14.3. The van der Waals surface area contributed by atoms with Gasteiger partial charge in [0.05, 0.1) is 5.56 Å². The highest BCUT2D eigenvalue weighted by Crippen LogP contribution is 2.33. The fourth-order valence-electron chi connectivity index (χ4n) is 1.97. The molecule has 2 aromatic heterocycles. The predicted molar refractivity (Wildman–Crippen MR) is 68.4 cm³/mol. The van der Waals surface area contributed by atoms with E-state index < -0.39 is 11.7 Å². The molecule has 0 atom stereocenters. The van der Waals surface area contributed by atoms with Gasteiger partial charge >= 0.3 is 6.18 Å². The third kappa shape index (κ3) is 2.22. The minimum absolute atomic E-state index is 0.0458. The van der Waals surface area contributed by atoms with Gasteiger partial charge in [0.2, 0.25) is 5.28 Å². The van der Waals surface area contributed by atoms with Gasteiger partial charge in [-0.15, -0.1) is 5.10 Å². The van der Waals surface area contributed by atoms with Crippen LogP contribution >= 0.6 is 11.6 Å². The van der Waals surface area contributed by atoms with Gasteiger partial charge in [-0.2, -0.15) is 18.2 Å². The summed E-state index contributed by atoms with van der Waals surface area (Å²) in [6, 6.07) is 8.41. The number of nitrogens with zero attached hydrogens (tertiary/aromatic N) is 3. The summed E-state index contributed by atoms with van der Waals surface area (Å²) in [5.41, 5.74) is 0.659. The van der Waals surface area contributed by atoms with Crippen LogP contribution in [0.1, 0.15) is 5.56 Å². The molecule has 0 saturated heterocycles. The molecule has 1 aromatic carbocycles. The van der Waals surface area contributed by atoms with Gasteiger partial charge in [-0.1, -0.05) is 12.1 Å². The molecule has 2 heterocycles. The molecule has 102 valence electrons. The first-order chi connectivity index (χ1) is 9.45. The second-order valence-electron chi connectivity index (χ2n) is 4.15. The van der Waals surface area contributed by atoms with Crippen molar-refractivity contribution in [2.75, 3.05) is 0 Å². The molecule has 0 N–H and O–H groups in total. The number of rotatable bonds is 1. The zero-order valence-electron chi connectivity index (χ0n) is 9.89. The summed E-state index contributed by atoms with van der Waals surface area (Å²) in [5.74, 6) is 0. The molecule has 3 aromatic rings. The molecule has 0 aliphatic carbocycles. The van der Waals surface area contributed by atoms with E-state index in [0.29, 0.717) is 16.8 Å². The van der Waals surface area contributed by atoms with Crippen LogP contribution in [0.2, 0.25) is 5.28 Å². The largest absolute Gasteiger partial charge is 0.416 e. The molecule has 0 saturated carbocycles. The molecular weight excluding hydrogens is 291 g/mol. The van der Waals surface area contributed by atoms with Crippen LogP contribution < -0.4 is 0 Å². The molecule has 3 rings (SSSR count). The van der Waals surface area contributed by atoms with E-state index in [2.05, 4.69) is 10.1 Å². The van der Waals surface area contributed by atoms with Crippen LogP contribution in [0.4, 0.5) is 13.2 Å². The molecule has 7 heteroatoms. The van der Waals surface area contributed by atoms with Crippen LogP contribution in [0.25, 0.3) is 16.8 Å². The lowest BCUT2D eigenvalue weighted by Gasteiger charge is -2.09. The Morgan fingerprint density at radius 3 is 2.65 bits per heavy atom. The van der Waals surface area contributed by atoms with Crippen LogP contribution in [0, 0.1) is 0 Å². The number of alkyl halides is 3. The maximum Gasteiger partial charge on any atom is 0.416 e. The first kappa shape index (κ1) is 12.9. The summed E-state index contributed by atoms with van der Waals surface area (Å²) in [4.78, 5) is 4.02. The SMILES string of the molecule is FC(F)(F)c1cccc(-c2cccn3nc(Cl)nc23)c1. The lowest BCUT2D eigenvalue weighted by atomic mass is 10.0. The van der Waals surface area contributed by atoms with Gasteiger partial charge in [0.1, 0.15) is 0 Å². The fraction of sp³-hybridized carbons (Fsp3) is 0.0769. The number of benzene rings is 1. The van der Waals surface area contributed by atoms with Gasteiger partial charge < -0.3 is 0 Å². The van der Waals surface area contributed by atoms with Gasteiger partial charge in [0, 0.05) is 11.8 Å². The minimum atomic E-state index is -4.38. The fourth-order valence-corrected chi connectivity index (χ4v) is 2.13. The van der Waals surface area contributed by atoms with E-state index in [0.717, 1.165) is 12.1 Å². The molecule has 0 spiro atoms. The molecule has 3 nitrogen and oxygen atoms in total. The first-order valence-electron chi connectivity index (χ1n) is 5.64. The average Bonchev–Trinajstić information content (AvgIpc) is 2.77. The van der Waals surface area contributed by atoms with E-state index >= 15 is 0 Å². The predicted octanol–water partition coefficient (Wildman–Crippen LogP) is 4.07. The molecule has 0 unspecified atom stereocenters. The number of pyridine rings is 1. The average molecular weight is 298 g/mol. The van der Waals surface area contributed by atoms with Gasteiger partial charge in [0.25, 0.3) is 0 Å². The van der Waals surface area contributed by atoms with Gasteiger partial charge in [-0.05, 0) is 41.4 Å². The molecule has 0 radical (unpaired) electrons. The standard InChI is InChI=1S/C13H7ClF3N3/c14-12-18-11-10(5-2-6-20(11)19-12)8-3-1-4-9(7-8)13(15,16)17/h1-7H. The van der Waals surface area contributed by atoms with Crippen molar-refractivity contribution in [2.45, 2.75) is 6.18 Å². The normalized spacial score (nSPS) is 12.0. The number of hydrogen-bond donors (Lipinski definition) is 0. The monoisotopic (exact) mass is 297 g/mol. The summed E-state index contributed by atoms with van der Waals surface area (Å²) < 4.78 is 39.7. The van der Waals surface area contributed by atoms with Crippen LogP contribution in [-0.2, 0) is 6.18 Å². The minimum Gasteiger partial charge on any atom is -0.219 e. The quantitative estimate of drug-likeness (QED) is 0.678. The number of aromatic nitrogens is 3. The van der Waals surface area contributed by atoms with Crippen molar-refractivity contribution in [3.63, 3.8) is 0 Å². The second-order valence-corrected chi connectivity index (χ2v) is 4.49. The summed E-state index contributed by atoms with van der Waals surface area (Å²) in [5, 5.41) is 3.97. The van der Waals surface area contributed by atoms with Gasteiger partial charge in [-0.3, -0.25) is 0 Å². The lowest BCUT2D eigenvalue weighted by molar-refractivity contribution is -0.137. The van der Waals surface area contributed by atoms with Crippen molar-refractivity contribution in [3.05, 3.63) is 53.4 Å². The molecule has 0 amide bonds. The topological polar surface area (TPSA) is 30.2 Å². The highest BCUT2D eigenvalue weighted by Gasteiger charge is 2.30. The van der Waals surface area contributed by atoms with Crippen molar-refractivity contribution in [1.29, 1.82) is 0 Å². The Morgan fingerprint density at radius 2 is 1.90 bits per heavy atom. The summed E-state index contributed by atoms with van der Waals surface area (Å²) in [7, 11) is 0. The maximum absolute atomic E-state index is 12.7. The Labute approximate surface area is 116 Å². The van der Waals surface area contributed by atoms with Crippen molar-refractivity contribution in [2.24, 2.45) is 0 Å². The lowest BCUT2D eigenvalue weighted by Crippen LogP contribution is -2.04. The van der Waals surface area contributed by atoms with E-state index in [1.54, 1.807) is 24.4 Å². The third-order valence-corrected chi connectivity index (χ3v) is 3.00. The number of hydrogen-bond acceptors (Lipinski definition) is 2. The van der Waals surface area contributed by atoms with Crippen LogP contribution in [0.15, 0.2) is 42.6 Å². The van der Waals surface area contributed by atoms with Gasteiger partial charge in [-0.25, -0.2) is 4.52 Å². The Balaban J connectivity index is 2.21.